The fraction of sp³-hybridized carbons (Fsp3) is 0.182. The number of carbonyl (C=O) groups excluding carboxylic acids is 1. The number of ether oxygens (including phenoxy) is 1. The highest BCUT2D eigenvalue weighted by molar-refractivity contribution is 5.93. The lowest BCUT2D eigenvalue weighted by Crippen LogP contribution is -2.39. The second-order valence-electron chi connectivity index (χ2n) is 10.3. The van der Waals surface area contributed by atoms with Gasteiger partial charge in [0.25, 0.3) is 0 Å². The van der Waals surface area contributed by atoms with Crippen molar-refractivity contribution >= 4 is 22.9 Å². The highest BCUT2D eigenvalue weighted by Crippen LogP contribution is 2.43. The Morgan fingerprint density at radius 2 is 1.75 bits per heavy atom. The highest BCUT2D eigenvalue weighted by atomic mass is 19.4. The van der Waals surface area contributed by atoms with Crippen LogP contribution in [0.3, 0.4) is 0 Å². The van der Waals surface area contributed by atoms with Gasteiger partial charge in [0.15, 0.2) is 0 Å². The van der Waals surface area contributed by atoms with E-state index in [2.05, 4.69) is 4.98 Å². The Kier molecular flexibility index (Phi) is 7.27. The maximum absolute atomic E-state index is 13.8. The molecule has 11 heteroatoms. The Labute approximate surface area is 247 Å². The number of rotatable bonds is 5. The molecule has 226 valence electrons. The molecule has 3 heterocycles. The largest absolute Gasteiger partial charge is 0.497 e. The molecule has 0 spiro atoms. The molecule has 0 saturated heterocycles. The van der Waals surface area contributed by atoms with Crippen LogP contribution in [0.2, 0.25) is 0 Å². The monoisotopic (exact) mass is 610 g/mol. The maximum Gasteiger partial charge on any atom is 0.417 e. The van der Waals surface area contributed by atoms with Crippen molar-refractivity contribution in [2.75, 3.05) is 13.7 Å². The molecule has 1 atom stereocenters. The molecule has 1 unspecified atom stereocenters. The summed E-state index contributed by atoms with van der Waals surface area (Å²) >= 11 is 0. The predicted octanol–water partition coefficient (Wildman–Crippen LogP) is 8.66. The lowest BCUT2D eigenvalue weighted by atomic mass is 9.95. The van der Waals surface area contributed by atoms with Gasteiger partial charge in [-0.3, -0.25) is 4.79 Å². The number of alkyl halides is 6. The summed E-state index contributed by atoms with van der Waals surface area (Å²) in [5.74, 6) is 0.312. The van der Waals surface area contributed by atoms with Gasteiger partial charge >= 0.3 is 12.4 Å². The molecule has 1 aliphatic heterocycles. The molecule has 3 aromatic carbocycles. The summed E-state index contributed by atoms with van der Waals surface area (Å²) in [6, 6.07) is 17.2. The Hall–Kier alpha value is -4.93. The van der Waals surface area contributed by atoms with E-state index in [4.69, 9.17) is 9.15 Å². The van der Waals surface area contributed by atoms with Gasteiger partial charge in [-0.05, 0) is 72.2 Å². The molecule has 0 bridgehead atoms. The number of hydrogen-bond donors (Lipinski definition) is 1. The van der Waals surface area contributed by atoms with Crippen molar-refractivity contribution in [2.24, 2.45) is 0 Å². The number of furan rings is 1. The number of carbonyl (C=O) groups is 1. The van der Waals surface area contributed by atoms with Gasteiger partial charge in [-0.2, -0.15) is 26.3 Å². The minimum atomic E-state index is -4.62. The molecule has 5 aromatic rings. The third kappa shape index (κ3) is 5.45. The van der Waals surface area contributed by atoms with Crippen molar-refractivity contribution in [3.05, 3.63) is 119 Å². The van der Waals surface area contributed by atoms with Crippen LogP contribution in [-0.2, 0) is 23.6 Å². The highest BCUT2D eigenvalue weighted by Gasteiger charge is 2.38. The molecule has 5 nitrogen and oxygen atoms in total. The fourth-order valence-corrected chi connectivity index (χ4v) is 5.60. The van der Waals surface area contributed by atoms with Crippen LogP contribution >= 0.6 is 0 Å². The van der Waals surface area contributed by atoms with Crippen LogP contribution in [-0.4, -0.2) is 29.4 Å². The van der Waals surface area contributed by atoms with Crippen molar-refractivity contribution in [3.63, 3.8) is 0 Å². The van der Waals surface area contributed by atoms with E-state index in [1.165, 1.54) is 59.5 Å². The fourth-order valence-electron chi connectivity index (χ4n) is 5.60. The van der Waals surface area contributed by atoms with E-state index in [-0.39, 0.29) is 29.2 Å². The Morgan fingerprint density at radius 1 is 0.955 bits per heavy atom. The number of fused-ring (bicyclic) bond motifs is 3. The van der Waals surface area contributed by atoms with Crippen LogP contribution in [0.5, 0.6) is 5.75 Å². The van der Waals surface area contributed by atoms with Crippen molar-refractivity contribution in [1.29, 1.82) is 0 Å². The van der Waals surface area contributed by atoms with Crippen LogP contribution in [0.1, 0.15) is 39.7 Å². The van der Waals surface area contributed by atoms with Crippen LogP contribution in [0.25, 0.3) is 28.3 Å². The van der Waals surface area contributed by atoms with Gasteiger partial charge in [-0.1, -0.05) is 30.3 Å². The SMILES string of the molecule is COc1ccc2[nH]c3c(c2c1)CCN(C(=O)/C=C/c1cccc(C(F)(F)F)c1)C3c1ccc(-c2ccccc2C(F)(F)F)o1. The van der Waals surface area contributed by atoms with Crippen molar-refractivity contribution in [3.8, 4) is 17.1 Å². The van der Waals surface area contributed by atoms with Crippen molar-refractivity contribution in [1.82, 2.24) is 9.88 Å². The maximum atomic E-state index is 13.8. The van der Waals surface area contributed by atoms with Gasteiger partial charge in [-0.25, -0.2) is 0 Å². The Morgan fingerprint density at radius 3 is 2.50 bits per heavy atom. The standard InChI is InChI=1S/C33H24F6N2O3/c1-43-21-10-11-26-24(18-21)22-15-16-41(29(42)14-9-19-5-4-6-20(17-19)32(34,35)36)31(30(22)40-26)28-13-12-27(44-28)23-7-2-3-8-25(23)33(37,38)39/h2-14,17-18,31,40H,15-16H2,1H3/b14-9+. The number of nitrogens with zero attached hydrogens (tertiary/aromatic N) is 1. The zero-order valence-electron chi connectivity index (χ0n) is 23.1. The molecule has 1 aliphatic rings. The second kappa shape index (κ2) is 11.0. The number of aromatic amines is 1. The first-order valence-corrected chi connectivity index (χ1v) is 13.5. The summed E-state index contributed by atoms with van der Waals surface area (Å²) in [5, 5.41) is 0.866. The topological polar surface area (TPSA) is 58.5 Å². The van der Waals surface area contributed by atoms with Crippen molar-refractivity contribution < 1.29 is 40.3 Å². The number of hydrogen-bond acceptors (Lipinski definition) is 3. The van der Waals surface area contributed by atoms with Gasteiger partial charge in [0.1, 0.15) is 23.3 Å². The number of halogens is 6. The quantitative estimate of drug-likeness (QED) is 0.160. The lowest BCUT2D eigenvalue weighted by Gasteiger charge is -2.34. The van der Waals surface area contributed by atoms with Gasteiger partial charge in [-0.15, -0.1) is 0 Å². The lowest BCUT2D eigenvalue weighted by molar-refractivity contribution is -0.138. The number of aromatic nitrogens is 1. The number of H-pyrrole nitrogens is 1. The minimum Gasteiger partial charge on any atom is -0.497 e. The molecule has 1 amide bonds. The number of benzene rings is 3. The van der Waals surface area contributed by atoms with Crippen LogP contribution in [0.4, 0.5) is 26.3 Å². The summed E-state index contributed by atoms with van der Waals surface area (Å²) in [4.78, 5) is 18.4. The zero-order valence-corrected chi connectivity index (χ0v) is 23.1. The summed E-state index contributed by atoms with van der Waals surface area (Å²) in [7, 11) is 1.55. The van der Waals surface area contributed by atoms with E-state index < -0.39 is 35.4 Å². The summed E-state index contributed by atoms with van der Waals surface area (Å²) < 4.78 is 92.4. The average molecular weight is 611 g/mol. The third-order valence-corrected chi connectivity index (χ3v) is 7.64. The van der Waals surface area contributed by atoms with Gasteiger partial charge in [0.2, 0.25) is 5.91 Å². The first kappa shape index (κ1) is 29.2. The smallest absolute Gasteiger partial charge is 0.417 e. The van der Waals surface area contributed by atoms with Gasteiger partial charge in [0.05, 0.1) is 23.9 Å². The van der Waals surface area contributed by atoms with E-state index in [1.54, 1.807) is 13.2 Å². The minimum absolute atomic E-state index is 0.0234. The van der Waals surface area contributed by atoms with Crippen molar-refractivity contribution in [2.45, 2.75) is 24.8 Å². The summed E-state index contributed by atoms with van der Waals surface area (Å²) in [6.45, 7) is 0.211. The molecular formula is C33H24F6N2O3. The van der Waals surface area contributed by atoms with Gasteiger partial charge < -0.3 is 19.0 Å². The van der Waals surface area contributed by atoms with E-state index >= 15 is 0 Å². The Balaban J connectivity index is 1.42. The second-order valence-corrected chi connectivity index (χ2v) is 10.3. The molecule has 6 rings (SSSR count). The van der Waals surface area contributed by atoms with E-state index in [0.717, 1.165) is 34.7 Å². The molecule has 0 fully saturated rings. The Bertz CT molecular complexity index is 1880. The first-order valence-electron chi connectivity index (χ1n) is 13.5. The molecule has 2 aromatic heterocycles. The number of amides is 1. The molecule has 0 radical (unpaired) electrons. The van der Waals surface area contributed by atoms with E-state index in [9.17, 15) is 31.1 Å². The van der Waals surface area contributed by atoms with Crippen LogP contribution < -0.4 is 4.74 Å². The summed E-state index contributed by atoms with van der Waals surface area (Å²) in [6.07, 6.45) is -6.24. The zero-order chi connectivity index (χ0) is 31.2. The van der Waals surface area contributed by atoms with Gasteiger partial charge in [0, 0.05) is 29.1 Å². The van der Waals surface area contributed by atoms with Crippen LogP contribution in [0.15, 0.2) is 89.4 Å². The predicted molar refractivity (Wildman–Crippen MR) is 152 cm³/mol. The normalized spacial score (nSPS) is 15.6. The number of methoxy groups -OCH3 is 1. The third-order valence-electron chi connectivity index (χ3n) is 7.64. The molecular weight excluding hydrogens is 586 g/mol. The first-order chi connectivity index (χ1) is 20.9. The molecule has 0 aliphatic carbocycles. The molecule has 0 saturated carbocycles. The van der Waals surface area contributed by atoms with E-state index in [1.807, 2.05) is 12.1 Å². The average Bonchev–Trinajstić information content (AvgIpc) is 3.63. The number of nitrogens with one attached hydrogen (secondary N) is 1. The molecule has 44 heavy (non-hydrogen) atoms. The van der Waals surface area contributed by atoms with E-state index in [0.29, 0.717) is 17.9 Å². The molecule has 1 N–H and O–H groups in total. The summed E-state index contributed by atoms with van der Waals surface area (Å²) in [5.41, 5.74) is 0.607. The van der Waals surface area contributed by atoms with Crippen LogP contribution in [0, 0.1) is 0 Å².